The molecule has 1 aromatic rings. The fourth-order valence-corrected chi connectivity index (χ4v) is 2.76. The Hall–Kier alpha value is -0.420. The Labute approximate surface area is 114 Å². The molecule has 0 amide bonds. The van der Waals surface area contributed by atoms with E-state index in [2.05, 4.69) is 26.0 Å². The van der Waals surface area contributed by atoms with Gasteiger partial charge in [-0.2, -0.15) is 0 Å². The van der Waals surface area contributed by atoms with E-state index in [0.29, 0.717) is 6.61 Å². The lowest BCUT2D eigenvalue weighted by atomic mass is 10.1. The number of hydrogen-bond acceptors (Lipinski definition) is 4. The Bertz CT molecular complexity index is 340. The van der Waals surface area contributed by atoms with Gasteiger partial charge < -0.3 is 15.2 Å². The maximum absolute atomic E-state index is 6.18. The highest BCUT2D eigenvalue weighted by atomic mass is 32.1. The predicted molar refractivity (Wildman–Crippen MR) is 77.1 cm³/mol. The normalized spacial score (nSPS) is 16.5. The van der Waals surface area contributed by atoms with Crippen molar-refractivity contribution >= 4 is 11.3 Å². The molecule has 3 atom stereocenters. The molecule has 0 aliphatic carbocycles. The quantitative estimate of drug-likeness (QED) is 0.789. The average Bonchev–Trinajstić information content (AvgIpc) is 2.78. The Kier molecular flexibility index (Phi) is 6.86. The smallest absolute Gasteiger partial charge is 0.107 e. The molecular weight excluding hydrogens is 246 g/mol. The number of ether oxygens (including phenoxy) is 2. The zero-order valence-corrected chi connectivity index (χ0v) is 12.6. The van der Waals surface area contributed by atoms with Crippen LogP contribution in [0.5, 0.6) is 0 Å². The summed E-state index contributed by atoms with van der Waals surface area (Å²) < 4.78 is 11.5. The van der Waals surface area contributed by atoms with Gasteiger partial charge >= 0.3 is 0 Å². The minimum atomic E-state index is -0.0239. The molecule has 0 radical (unpaired) electrons. The first-order valence-corrected chi connectivity index (χ1v) is 7.45. The van der Waals surface area contributed by atoms with Gasteiger partial charge in [-0.15, -0.1) is 11.3 Å². The summed E-state index contributed by atoms with van der Waals surface area (Å²) in [4.78, 5) is 2.50. The van der Waals surface area contributed by atoms with Crippen molar-refractivity contribution in [3.05, 3.63) is 21.9 Å². The minimum Gasteiger partial charge on any atom is -0.379 e. The topological polar surface area (TPSA) is 44.5 Å². The molecule has 0 spiro atoms. The van der Waals surface area contributed by atoms with E-state index in [1.54, 1.807) is 11.3 Å². The molecule has 18 heavy (non-hydrogen) atoms. The molecule has 1 aromatic heterocycles. The third-order valence-corrected chi connectivity index (χ3v) is 3.90. The van der Waals surface area contributed by atoms with Crippen molar-refractivity contribution in [1.29, 1.82) is 0 Å². The molecule has 1 rings (SSSR count). The zero-order valence-electron chi connectivity index (χ0n) is 11.8. The zero-order chi connectivity index (χ0) is 13.5. The van der Waals surface area contributed by atoms with Crippen LogP contribution >= 0.6 is 11.3 Å². The van der Waals surface area contributed by atoms with Gasteiger partial charge in [0.15, 0.2) is 0 Å². The third-order valence-electron chi connectivity index (χ3n) is 2.84. The standard InChI is InChI=1S/C14H25NO2S/c1-5-12(15)14(13-8-7-11(4)18-13)17-10(3)9-16-6-2/h7-8,10,12,14H,5-6,9,15H2,1-4H3. The molecule has 0 saturated carbocycles. The van der Waals surface area contributed by atoms with E-state index in [9.17, 15) is 0 Å². The molecule has 1 heterocycles. The maximum Gasteiger partial charge on any atom is 0.107 e. The summed E-state index contributed by atoms with van der Waals surface area (Å²) >= 11 is 1.76. The first-order chi connectivity index (χ1) is 8.58. The largest absolute Gasteiger partial charge is 0.379 e. The van der Waals surface area contributed by atoms with Crippen molar-refractivity contribution in [2.24, 2.45) is 5.73 Å². The number of hydrogen-bond donors (Lipinski definition) is 1. The van der Waals surface area contributed by atoms with E-state index in [0.717, 1.165) is 13.0 Å². The van der Waals surface area contributed by atoms with Crippen LogP contribution in [-0.2, 0) is 9.47 Å². The highest BCUT2D eigenvalue weighted by Gasteiger charge is 2.23. The van der Waals surface area contributed by atoms with Crippen molar-refractivity contribution in [3.8, 4) is 0 Å². The Morgan fingerprint density at radius 2 is 2.06 bits per heavy atom. The van der Waals surface area contributed by atoms with Crippen molar-refractivity contribution in [2.45, 2.75) is 52.4 Å². The second-order valence-corrected chi connectivity index (χ2v) is 5.87. The lowest BCUT2D eigenvalue weighted by molar-refractivity contribution is -0.0560. The third kappa shape index (κ3) is 4.69. The molecule has 2 N–H and O–H groups in total. The molecule has 3 nitrogen and oxygen atoms in total. The second-order valence-electron chi connectivity index (χ2n) is 4.55. The first-order valence-electron chi connectivity index (χ1n) is 6.63. The fraction of sp³-hybridized carbons (Fsp3) is 0.714. The van der Waals surface area contributed by atoms with Gasteiger partial charge in [-0.25, -0.2) is 0 Å². The monoisotopic (exact) mass is 271 g/mol. The molecule has 0 saturated heterocycles. The van der Waals surface area contributed by atoms with Crippen LogP contribution < -0.4 is 5.73 Å². The van der Waals surface area contributed by atoms with E-state index < -0.39 is 0 Å². The summed E-state index contributed by atoms with van der Waals surface area (Å²) in [6.07, 6.45) is 0.947. The summed E-state index contributed by atoms with van der Waals surface area (Å²) in [5.74, 6) is 0. The van der Waals surface area contributed by atoms with Gasteiger partial charge in [0.2, 0.25) is 0 Å². The van der Waals surface area contributed by atoms with E-state index in [1.165, 1.54) is 9.75 Å². The Balaban J connectivity index is 2.67. The van der Waals surface area contributed by atoms with Gasteiger partial charge in [0, 0.05) is 22.4 Å². The van der Waals surface area contributed by atoms with Crippen LogP contribution in [0, 0.1) is 6.92 Å². The number of nitrogens with two attached hydrogens (primary N) is 1. The fourth-order valence-electron chi connectivity index (χ4n) is 1.77. The van der Waals surface area contributed by atoms with Gasteiger partial charge in [0.25, 0.3) is 0 Å². The molecular formula is C14H25NO2S. The lowest BCUT2D eigenvalue weighted by Crippen LogP contribution is -2.32. The van der Waals surface area contributed by atoms with Crippen molar-refractivity contribution in [2.75, 3.05) is 13.2 Å². The van der Waals surface area contributed by atoms with Gasteiger partial charge in [-0.3, -0.25) is 0 Å². The minimum absolute atomic E-state index is 0.0239. The summed E-state index contributed by atoms with van der Waals surface area (Å²) in [5, 5.41) is 0. The van der Waals surface area contributed by atoms with Crippen LogP contribution in [-0.4, -0.2) is 25.4 Å². The van der Waals surface area contributed by atoms with Crippen LogP contribution in [0.3, 0.4) is 0 Å². The number of thiophene rings is 1. The maximum atomic E-state index is 6.18. The van der Waals surface area contributed by atoms with Crippen molar-refractivity contribution in [3.63, 3.8) is 0 Å². The van der Waals surface area contributed by atoms with Crippen LogP contribution in [0.25, 0.3) is 0 Å². The average molecular weight is 271 g/mol. The molecule has 0 aliphatic rings. The van der Waals surface area contributed by atoms with E-state index >= 15 is 0 Å². The molecule has 4 heteroatoms. The van der Waals surface area contributed by atoms with Gasteiger partial charge in [0.05, 0.1) is 12.7 Å². The van der Waals surface area contributed by atoms with Crippen molar-refractivity contribution < 1.29 is 9.47 Å². The van der Waals surface area contributed by atoms with Crippen LogP contribution in [0.1, 0.15) is 43.1 Å². The SMILES string of the molecule is CCOCC(C)OC(c1ccc(C)s1)C(N)CC. The van der Waals surface area contributed by atoms with Gasteiger partial charge in [-0.05, 0) is 39.3 Å². The predicted octanol–water partition coefficient (Wildman–Crippen LogP) is 3.28. The van der Waals surface area contributed by atoms with Gasteiger partial charge in [0.1, 0.15) is 6.10 Å². The van der Waals surface area contributed by atoms with E-state index in [-0.39, 0.29) is 18.2 Å². The molecule has 0 aromatic carbocycles. The van der Waals surface area contributed by atoms with Crippen LogP contribution in [0.2, 0.25) is 0 Å². The summed E-state index contributed by atoms with van der Waals surface area (Å²) in [7, 11) is 0. The highest BCUT2D eigenvalue weighted by Crippen LogP contribution is 2.29. The highest BCUT2D eigenvalue weighted by molar-refractivity contribution is 7.12. The molecule has 104 valence electrons. The summed E-state index contributed by atoms with van der Waals surface area (Å²) in [6, 6.07) is 4.27. The van der Waals surface area contributed by atoms with Crippen molar-refractivity contribution in [1.82, 2.24) is 0 Å². The molecule has 0 aliphatic heterocycles. The number of aryl methyl sites for hydroxylation is 1. The van der Waals surface area contributed by atoms with Crippen LogP contribution in [0.4, 0.5) is 0 Å². The number of rotatable bonds is 8. The van der Waals surface area contributed by atoms with Gasteiger partial charge in [-0.1, -0.05) is 6.92 Å². The molecule has 3 unspecified atom stereocenters. The second kappa shape index (κ2) is 7.89. The van der Waals surface area contributed by atoms with E-state index in [4.69, 9.17) is 15.2 Å². The summed E-state index contributed by atoms with van der Waals surface area (Å²) in [5.41, 5.74) is 6.18. The molecule has 0 fully saturated rings. The molecule has 0 bridgehead atoms. The van der Waals surface area contributed by atoms with E-state index in [1.807, 2.05) is 13.8 Å². The lowest BCUT2D eigenvalue weighted by Gasteiger charge is -2.26. The summed E-state index contributed by atoms with van der Waals surface area (Å²) in [6.45, 7) is 9.56. The first kappa shape index (κ1) is 15.6. The van der Waals surface area contributed by atoms with Crippen LogP contribution in [0.15, 0.2) is 12.1 Å². The Morgan fingerprint density at radius 3 is 2.56 bits per heavy atom. The Morgan fingerprint density at radius 1 is 1.33 bits per heavy atom.